The topological polar surface area (TPSA) is 109 Å². The van der Waals surface area contributed by atoms with Crippen LogP contribution in [0.15, 0.2) is 65.1 Å². The first-order chi connectivity index (χ1) is 20.1. The first-order valence-corrected chi connectivity index (χ1v) is 15.3. The molecular weight excluding hydrogens is 564 g/mol. The molecule has 4 aromatic rings. The number of halogens is 2. The minimum Gasteiger partial charge on any atom is -0.455 e. The van der Waals surface area contributed by atoms with E-state index < -0.39 is 21.7 Å². The molecule has 1 fully saturated rings. The number of rotatable bonds is 8. The van der Waals surface area contributed by atoms with Crippen LogP contribution in [0.25, 0.3) is 22.3 Å². The molecule has 42 heavy (non-hydrogen) atoms. The van der Waals surface area contributed by atoms with Crippen molar-refractivity contribution in [3.05, 3.63) is 89.0 Å². The highest BCUT2D eigenvalue weighted by Crippen LogP contribution is 2.41. The van der Waals surface area contributed by atoms with Gasteiger partial charge in [-0.2, -0.15) is 0 Å². The summed E-state index contributed by atoms with van der Waals surface area (Å²) in [6, 6.07) is 14.7. The maximum absolute atomic E-state index is 13.6. The van der Waals surface area contributed by atoms with Crippen LogP contribution in [0.2, 0.25) is 0 Å². The summed E-state index contributed by atoms with van der Waals surface area (Å²) in [7, 11) is -2.19. The summed E-state index contributed by atoms with van der Waals surface area (Å²) in [5.41, 5.74) is 2.65. The number of nitrogens with zero attached hydrogens (tertiary/aromatic N) is 1. The number of anilines is 1. The Morgan fingerprint density at radius 3 is 2.33 bits per heavy atom. The highest BCUT2D eigenvalue weighted by atomic mass is 32.2. The van der Waals surface area contributed by atoms with Crippen LogP contribution in [0.1, 0.15) is 47.2 Å². The number of carbonyl (C=O) groups excluding carboxylic acids is 2. The minimum absolute atomic E-state index is 0.115. The average molecular weight is 596 g/mol. The standard InChI is InChI=1S/C31H31F2N3O5S/c1-3-42(39,40)35-26-17-27-25(29(31(38)34-2)30(41-27)20-8-12-23(33)13-9-20)16-24(26)21-5-4-14-36(18-21)28(37)15-19-6-10-22(32)11-7-19/h6-13,16-17,21,35H,3-5,14-15,18H2,1-2H3,(H,34,38). The second-order valence-electron chi connectivity index (χ2n) is 10.3. The van der Waals surface area contributed by atoms with Crippen molar-refractivity contribution >= 4 is 38.5 Å². The zero-order valence-electron chi connectivity index (χ0n) is 23.2. The number of piperidine rings is 1. The SMILES string of the molecule is CCS(=O)(=O)Nc1cc2oc(-c3ccc(F)cc3)c(C(=O)NC)c2cc1C1CCCN(C(=O)Cc2ccc(F)cc2)C1. The largest absolute Gasteiger partial charge is 0.455 e. The average Bonchev–Trinajstić information content (AvgIpc) is 3.36. The van der Waals surface area contributed by atoms with E-state index in [9.17, 15) is 26.8 Å². The summed E-state index contributed by atoms with van der Waals surface area (Å²) < 4.78 is 61.1. The van der Waals surface area contributed by atoms with Gasteiger partial charge in [-0.25, -0.2) is 17.2 Å². The molecule has 8 nitrogen and oxygen atoms in total. The minimum atomic E-state index is -3.68. The van der Waals surface area contributed by atoms with Crippen molar-refractivity contribution < 1.29 is 31.2 Å². The molecular formula is C31H31F2N3O5S. The fourth-order valence-electron chi connectivity index (χ4n) is 5.33. The summed E-state index contributed by atoms with van der Waals surface area (Å²) in [6.45, 7) is 2.41. The van der Waals surface area contributed by atoms with Crippen LogP contribution in [-0.2, 0) is 21.2 Å². The van der Waals surface area contributed by atoms with Gasteiger partial charge in [0.25, 0.3) is 5.91 Å². The lowest BCUT2D eigenvalue weighted by Crippen LogP contribution is -2.40. The number of carbonyl (C=O) groups is 2. The Kier molecular flexibility index (Phi) is 8.31. The molecule has 3 aromatic carbocycles. The highest BCUT2D eigenvalue weighted by Gasteiger charge is 2.30. The van der Waals surface area contributed by atoms with Gasteiger partial charge in [0.15, 0.2) is 0 Å². The van der Waals surface area contributed by atoms with Gasteiger partial charge in [0, 0.05) is 43.1 Å². The molecule has 2 N–H and O–H groups in total. The lowest BCUT2D eigenvalue weighted by molar-refractivity contribution is -0.131. The normalized spacial score (nSPS) is 15.5. The molecule has 1 saturated heterocycles. The second-order valence-corrected chi connectivity index (χ2v) is 12.3. The number of hydrogen-bond acceptors (Lipinski definition) is 5. The van der Waals surface area contributed by atoms with Gasteiger partial charge in [0.1, 0.15) is 23.0 Å². The Bertz CT molecular complexity index is 1740. The third kappa shape index (κ3) is 6.15. The van der Waals surface area contributed by atoms with Crippen LogP contribution in [0.3, 0.4) is 0 Å². The van der Waals surface area contributed by atoms with E-state index in [2.05, 4.69) is 10.0 Å². The van der Waals surface area contributed by atoms with Gasteiger partial charge in [-0.05, 0) is 73.4 Å². The van der Waals surface area contributed by atoms with E-state index >= 15 is 0 Å². The van der Waals surface area contributed by atoms with Gasteiger partial charge < -0.3 is 14.6 Å². The van der Waals surface area contributed by atoms with Crippen LogP contribution < -0.4 is 10.0 Å². The van der Waals surface area contributed by atoms with Crippen molar-refractivity contribution in [2.45, 2.75) is 32.1 Å². The molecule has 0 saturated carbocycles. The number of likely N-dealkylation sites (tertiary alicyclic amines) is 1. The van der Waals surface area contributed by atoms with Gasteiger partial charge in [0.05, 0.1) is 23.4 Å². The maximum Gasteiger partial charge on any atom is 0.255 e. The third-order valence-electron chi connectivity index (χ3n) is 7.55. The van der Waals surface area contributed by atoms with Gasteiger partial charge in [-0.1, -0.05) is 12.1 Å². The maximum atomic E-state index is 13.6. The number of furan rings is 1. The number of nitrogens with one attached hydrogen (secondary N) is 2. The quantitative estimate of drug-likeness (QED) is 0.282. The van der Waals surface area contributed by atoms with Crippen molar-refractivity contribution in [3.63, 3.8) is 0 Å². The van der Waals surface area contributed by atoms with E-state index in [0.29, 0.717) is 53.7 Å². The monoisotopic (exact) mass is 595 g/mol. The molecule has 0 bridgehead atoms. The molecule has 0 spiro atoms. The van der Waals surface area contributed by atoms with Crippen LogP contribution >= 0.6 is 0 Å². The zero-order chi connectivity index (χ0) is 30.0. The predicted molar refractivity (Wildman–Crippen MR) is 157 cm³/mol. The fourth-order valence-corrected chi connectivity index (χ4v) is 5.98. The Balaban J connectivity index is 1.57. The molecule has 220 valence electrons. The van der Waals surface area contributed by atoms with Gasteiger partial charge >= 0.3 is 0 Å². The van der Waals surface area contributed by atoms with Crippen molar-refractivity contribution in [1.82, 2.24) is 10.2 Å². The van der Waals surface area contributed by atoms with Gasteiger partial charge in [0.2, 0.25) is 15.9 Å². The smallest absolute Gasteiger partial charge is 0.255 e. The molecule has 1 atom stereocenters. The van der Waals surface area contributed by atoms with E-state index in [1.807, 2.05) is 0 Å². The van der Waals surface area contributed by atoms with Gasteiger partial charge in [-0.15, -0.1) is 0 Å². The number of hydrogen-bond donors (Lipinski definition) is 2. The number of benzene rings is 3. The van der Waals surface area contributed by atoms with Crippen molar-refractivity contribution in [1.29, 1.82) is 0 Å². The molecule has 11 heteroatoms. The van der Waals surface area contributed by atoms with Crippen molar-refractivity contribution in [3.8, 4) is 11.3 Å². The summed E-state index contributed by atoms with van der Waals surface area (Å²) in [6.07, 6.45) is 1.49. The summed E-state index contributed by atoms with van der Waals surface area (Å²) in [5, 5.41) is 3.10. The van der Waals surface area contributed by atoms with Crippen LogP contribution in [0.4, 0.5) is 14.5 Å². The van der Waals surface area contributed by atoms with E-state index in [1.54, 1.807) is 29.2 Å². The van der Waals surface area contributed by atoms with E-state index in [0.717, 1.165) is 0 Å². The summed E-state index contributed by atoms with van der Waals surface area (Å²) in [5.74, 6) is -1.51. The molecule has 2 heterocycles. The molecule has 1 aromatic heterocycles. The fraction of sp³-hybridized carbons (Fsp3) is 0.290. The first-order valence-electron chi connectivity index (χ1n) is 13.7. The Labute approximate surface area is 242 Å². The van der Waals surface area contributed by atoms with Crippen LogP contribution in [0.5, 0.6) is 0 Å². The van der Waals surface area contributed by atoms with Gasteiger partial charge in [-0.3, -0.25) is 14.3 Å². The molecule has 1 aliphatic rings. The highest BCUT2D eigenvalue weighted by molar-refractivity contribution is 7.92. The number of sulfonamides is 1. The molecule has 2 amide bonds. The van der Waals surface area contributed by atoms with Crippen LogP contribution in [-0.4, -0.2) is 51.0 Å². The summed E-state index contributed by atoms with van der Waals surface area (Å²) in [4.78, 5) is 28.0. The molecule has 0 aliphatic carbocycles. The Hall–Kier alpha value is -4.25. The zero-order valence-corrected chi connectivity index (χ0v) is 24.1. The van der Waals surface area contributed by atoms with E-state index in [4.69, 9.17) is 4.42 Å². The molecule has 1 aliphatic heterocycles. The van der Waals surface area contributed by atoms with Crippen LogP contribution in [0, 0.1) is 11.6 Å². The second kappa shape index (κ2) is 11.9. The van der Waals surface area contributed by atoms with Crippen molar-refractivity contribution in [2.75, 3.05) is 30.6 Å². The lowest BCUT2D eigenvalue weighted by atomic mass is 9.88. The third-order valence-corrected chi connectivity index (χ3v) is 8.84. The number of amides is 2. The van der Waals surface area contributed by atoms with E-state index in [1.165, 1.54) is 50.4 Å². The predicted octanol–water partition coefficient (Wildman–Crippen LogP) is 5.45. The lowest BCUT2D eigenvalue weighted by Gasteiger charge is -2.34. The van der Waals surface area contributed by atoms with Crippen molar-refractivity contribution in [2.24, 2.45) is 0 Å². The molecule has 1 unspecified atom stereocenters. The molecule has 0 radical (unpaired) electrons. The molecule has 5 rings (SSSR count). The Morgan fingerprint density at radius 2 is 1.69 bits per heavy atom. The Morgan fingerprint density at radius 1 is 1.02 bits per heavy atom. The van der Waals surface area contributed by atoms with E-state index in [-0.39, 0.29) is 46.7 Å². The summed E-state index contributed by atoms with van der Waals surface area (Å²) >= 11 is 0. The number of fused-ring (bicyclic) bond motifs is 1. The first kappa shape index (κ1) is 29.2.